The third-order valence-corrected chi connectivity index (χ3v) is 4.54. The quantitative estimate of drug-likeness (QED) is 0.386. The molecule has 1 atom stereocenters. The van der Waals surface area contributed by atoms with Gasteiger partial charge in [0.2, 0.25) is 0 Å². The molecule has 136 valence electrons. The smallest absolute Gasteiger partial charge is 0.333 e. The Kier molecular flexibility index (Phi) is 6.26. The van der Waals surface area contributed by atoms with Crippen LogP contribution in [0.25, 0.3) is 11.3 Å². The highest BCUT2D eigenvalue weighted by Crippen LogP contribution is 2.35. The molecule has 2 aromatic rings. The van der Waals surface area contributed by atoms with Crippen molar-refractivity contribution in [2.24, 2.45) is 5.92 Å². The number of nitrogens with zero attached hydrogens (tertiary/aromatic N) is 1. The van der Waals surface area contributed by atoms with E-state index in [9.17, 15) is 14.4 Å². The molecule has 1 heterocycles. The van der Waals surface area contributed by atoms with Gasteiger partial charge in [-0.2, -0.15) is 0 Å². The molecule has 0 spiro atoms. The number of benzene rings is 1. The Morgan fingerprint density at radius 3 is 2.23 bits per heavy atom. The van der Waals surface area contributed by atoms with E-state index in [1.165, 1.54) is 21.0 Å². The van der Waals surface area contributed by atoms with E-state index in [1.807, 2.05) is 24.3 Å². The summed E-state index contributed by atoms with van der Waals surface area (Å²) in [7, 11) is 1.21. The molecule has 0 saturated carbocycles. The second-order valence-corrected chi connectivity index (χ2v) is 6.73. The number of aromatic nitrogens is 1. The Hall–Kier alpha value is -2.54. The standard InChI is InChI=1S/C19H18BrNO5/c1-10(19(24)25-4)17(18(11(2)22)12(3)23)15-9-16(26-21-15)13-5-7-14(20)8-6-13/h5-9,17-18H,1H2,2-4H3. The fourth-order valence-corrected chi connectivity index (χ4v) is 3.01. The highest BCUT2D eigenvalue weighted by atomic mass is 79.9. The molecule has 2 rings (SSSR count). The van der Waals surface area contributed by atoms with Crippen LogP contribution in [0.2, 0.25) is 0 Å². The van der Waals surface area contributed by atoms with Gasteiger partial charge in [-0.15, -0.1) is 0 Å². The molecule has 26 heavy (non-hydrogen) atoms. The average Bonchev–Trinajstić information content (AvgIpc) is 3.07. The van der Waals surface area contributed by atoms with Crippen molar-refractivity contribution in [1.82, 2.24) is 5.16 Å². The summed E-state index contributed by atoms with van der Waals surface area (Å²) in [6.07, 6.45) is 0. The van der Waals surface area contributed by atoms with Gasteiger partial charge in [0.1, 0.15) is 11.6 Å². The van der Waals surface area contributed by atoms with Crippen LogP contribution in [0.5, 0.6) is 0 Å². The van der Waals surface area contributed by atoms with Gasteiger partial charge >= 0.3 is 5.97 Å². The number of carbonyl (C=O) groups is 3. The Morgan fingerprint density at radius 1 is 1.15 bits per heavy atom. The number of carbonyl (C=O) groups excluding carboxylic acids is 3. The van der Waals surface area contributed by atoms with E-state index in [2.05, 4.69) is 27.7 Å². The predicted octanol–water partition coefficient (Wildman–Crippen LogP) is 3.71. The molecule has 0 amide bonds. The molecule has 6 nitrogen and oxygen atoms in total. The zero-order valence-corrected chi connectivity index (χ0v) is 16.2. The summed E-state index contributed by atoms with van der Waals surface area (Å²) in [5.41, 5.74) is 1.00. The SMILES string of the molecule is C=C(C(=O)OC)C(c1cc(-c2ccc(Br)cc2)on1)C(C(C)=O)C(C)=O. The Balaban J connectivity index is 2.50. The normalized spacial score (nSPS) is 11.9. The number of esters is 1. The maximum absolute atomic E-state index is 12.1. The molecule has 0 aliphatic carbocycles. The van der Waals surface area contributed by atoms with E-state index in [0.717, 1.165) is 10.0 Å². The Bertz CT molecular complexity index is 839. The zero-order chi connectivity index (χ0) is 19.4. The van der Waals surface area contributed by atoms with Gasteiger partial charge in [-0.25, -0.2) is 4.79 Å². The van der Waals surface area contributed by atoms with Gasteiger partial charge in [-0.1, -0.05) is 39.8 Å². The molecule has 0 bridgehead atoms. The number of hydrogen-bond acceptors (Lipinski definition) is 6. The van der Waals surface area contributed by atoms with Crippen molar-refractivity contribution in [3.63, 3.8) is 0 Å². The van der Waals surface area contributed by atoms with Gasteiger partial charge < -0.3 is 9.26 Å². The summed E-state index contributed by atoms with van der Waals surface area (Å²) >= 11 is 3.36. The van der Waals surface area contributed by atoms with E-state index in [0.29, 0.717) is 5.76 Å². The lowest BCUT2D eigenvalue weighted by molar-refractivity contribution is -0.137. The second kappa shape index (κ2) is 8.23. The highest BCUT2D eigenvalue weighted by Gasteiger charge is 2.38. The summed E-state index contributed by atoms with van der Waals surface area (Å²) in [5.74, 6) is -3.09. The summed E-state index contributed by atoms with van der Waals surface area (Å²) < 4.78 is 11.0. The molecule has 0 N–H and O–H groups in total. The lowest BCUT2D eigenvalue weighted by Gasteiger charge is -2.21. The first-order valence-electron chi connectivity index (χ1n) is 7.76. The van der Waals surface area contributed by atoms with Crippen molar-refractivity contribution in [2.45, 2.75) is 19.8 Å². The van der Waals surface area contributed by atoms with Gasteiger partial charge in [0.05, 0.1) is 24.6 Å². The highest BCUT2D eigenvalue weighted by molar-refractivity contribution is 9.10. The first kappa shape index (κ1) is 19.8. The number of Topliss-reactive ketones (excluding diaryl/α,β-unsaturated/α-hetero) is 2. The van der Waals surface area contributed by atoms with Crippen molar-refractivity contribution in [3.8, 4) is 11.3 Å². The lowest BCUT2D eigenvalue weighted by atomic mass is 9.79. The second-order valence-electron chi connectivity index (χ2n) is 5.82. The molecule has 0 aliphatic heterocycles. The Labute approximate surface area is 159 Å². The number of rotatable bonds is 7. The van der Waals surface area contributed by atoms with Crippen LogP contribution < -0.4 is 0 Å². The van der Waals surface area contributed by atoms with Gasteiger partial charge in [0, 0.05) is 21.7 Å². The Morgan fingerprint density at radius 2 is 1.73 bits per heavy atom. The molecular weight excluding hydrogens is 402 g/mol. The van der Waals surface area contributed by atoms with E-state index in [1.54, 1.807) is 6.07 Å². The van der Waals surface area contributed by atoms with E-state index in [-0.39, 0.29) is 22.8 Å². The maximum Gasteiger partial charge on any atom is 0.333 e. The minimum absolute atomic E-state index is 0.0291. The molecule has 0 radical (unpaired) electrons. The van der Waals surface area contributed by atoms with Gasteiger partial charge in [-0.05, 0) is 26.0 Å². The fourth-order valence-electron chi connectivity index (χ4n) is 2.75. The number of methoxy groups -OCH3 is 1. The van der Waals surface area contributed by atoms with E-state index >= 15 is 0 Å². The van der Waals surface area contributed by atoms with Crippen LogP contribution in [0, 0.1) is 5.92 Å². The molecule has 0 saturated heterocycles. The molecule has 1 aromatic heterocycles. The molecule has 7 heteroatoms. The van der Waals surface area contributed by atoms with Crippen molar-refractivity contribution < 1.29 is 23.6 Å². The predicted molar refractivity (Wildman–Crippen MR) is 98.4 cm³/mol. The van der Waals surface area contributed by atoms with Crippen LogP contribution in [-0.2, 0) is 19.1 Å². The summed E-state index contributed by atoms with van der Waals surface area (Å²) in [4.78, 5) is 36.1. The number of ketones is 2. The zero-order valence-electron chi connectivity index (χ0n) is 14.6. The van der Waals surface area contributed by atoms with E-state index < -0.39 is 17.8 Å². The third kappa shape index (κ3) is 4.16. The third-order valence-electron chi connectivity index (χ3n) is 4.01. The van der Waals surface area contributed by atoms with Gasteiger partial charge in [0.15, 0.2) is 5.76 Å². The van der Waals surface area contributed by atoms with Crippen molar-refractivity contribution in [1.29, 1.82) is 0 Å². The van der Waals surface area contributed by atoms with Crippen LogP contribution in [0.3, 0.4) is 0 Å². The fraction of sp³-hybridized carbons (Fsp3) is 0.263. The maximum atomic E-state index is 12.1. The molecule has 0 fully saturated rings. The van der Waals surface area contributed by atoms with Crippen LogP contribution >= 0.6 is 15.9 Å². The number of halogens is 1. The summed E-state index contributed by atoms with van der Waals surface area (Å²) in [5, 5.41) is 3.98. The largest absolute Gasteiger partial charge is 0.466 e. The lowest BCUT2D eigenvalue weighted by Crippen LogP contribution is -2.30. The summed E-state index contributed by atoms with van der Waals surface area (Å²) in [6.45, 7) is 6.30. The first-order valence-corrected chi connectivity index (χ1v) is 8.56. The van der Waals surface area contributed by atoms with Gasteiger partial charge in [-0.3, -0.25) is 9.59 Å². The number of ether oxygens (including phenoxy) is 1. The van der Waals surface area contributed by atoms with Crippen LogP contribution in [0.15, 0.2) is 51.5 Å². The molecular formula is C19H18BrNO5. The van der Waals surface area contributed by atoms with Crippen molar-refractivity contribution in [2.75, 3.05) is 7.11 Å². The van der Waals surface area contributed by atoms with Crippen molar-refractivity contribution in [3.05, 3.63) is 52.7 Å². The van der Waals surface area contributed by atoms with Crippen LogP contribution in [-0.4, -0.2) is 29.8 Å². The molecule has 0 aliphatic rings. The minimum atomic E-state index is -1.09. The topological polar surface area (TPSA) is 86.5 Å². The summed E-state index contributed by atoms with van der Waals surface area (Å²) in [6, 6.07) is 8.94. The first-order chi connectivity index (χ1) is 12.3. The van der Waals surface area contributed by atoms with Crippen LogP contribution in [0.4, 0.5) is 0 Å². The monoisotopic (exact) mass is 419 g/mol. The molecule has 1 unspecified atom stereocenters. The van der Waals surface area contributed by atoms with Gasteiger partial charge in [0.25, 0.3) is 0 Å². The van der Waals surface area contributed by atoms with E-state index in [4.69, 9.17) is 9.26 Å². The van der Waals surface area contributed by atoms with Crippen molar-refractivity contribution >= 4 is 33.5 Å². The minimum Gasteiger partial charge on any atom is -0.466 e. The number of hydrogen-bond donors (Lipinski definition) is 0. The molecule has 1 aromatic carbocycles. The van der Waals surface area contributed by atoms with Crippen LogP contribution in [0.1, 0.15) is 25.5 Å². The average molecular weight is 420 g/mol.